The van der Waals surface area contributed by atoms with Gasteiger partial charge in [0.25, 0.3) is 5.91 Å². The zero-order valence-electron chi connectivity index (χ0n) is 10.7. The second kappa shape index (κ2) is 7.26. The SMILES string of the molecule is CC(C)CCNC(=O)COc1cc(N)cc(Br)c1. The van der Waals surface area contributed by atoms with Gasteiger partial charge in [-0.15, -0.1) is 0 Å². The van der Waals surface area contributed by atoms with E-state index in [1.807, 2.05) is 0 Å². The number of ether oxygens (including phenoxy) is 1. The number of carbonyl (C=O) groups excluding carboxylic acids is 1. The molecular weight excluding hydrogens is 296 g/mol. The largest absolute Gasteiger partial charge is 0.484 e. The molecule has 0 saturated heterocycles. The summed E-state index contributed by atoms with van der Waals surface area (Å²) in [5.41, 5.74) is 6.27. The summed E-state index contributed by atoms with van der Waals surface area (Å²) in [7, 11) is 0. The molecule has 1 aromatic rings. The smallest absolute Gasteiger partial charge is 0.257 e. The average molecular weight is 315 g/mol. The van der Waals surface area contributed by atoms with Crippen LogP contribution in [0.4, 0.5) is 5.69 Å². The predicted octanol–water partition coefficient (Wildman–Crippen LogP) is 2.57. The number of hydrogen-bond donors (Lipinski definition) is 2. The zero-order valence-corrected chi connectivity index (χ0v) is 12.3. The number of rotatable bonds is 6. The molecule has 1 aromatic carbocycles. The Morgan fingerprint density at radius 3 is 2.78 bits per heavy atom. The predicted molar refractivity (Wildman–Crippen MR) is 76.5 cm³/mol. The Labute approximate surface area is 116 Å². The van der Waals surface area contributed by atoms with Gasteiger partial charge in [0.05, 0.1) is 0 Å². The van der Waals surface area contributed by atoms with Crippen LogP contribution < -0.4 is 15.8 Å². The average Bonchev–Trinajstić information content (AvgIpc) is 2.24. The maximum absolute atomic E-state index is 11.5. The van der Waals surface area contributed by atoms with E-state index in [1.165, 1.54) is 0 Å². The molecule has 0 bridgehead atoms. The first kappa shape index (κ1) is 14.8. The first-order valence-electron chi connectivity index (χ1n) is 5.93. The second-order valence-corrected chi connectivity index (χ2v) is 5.46. The second-order valence-electron chi connectivity index (χ2n) is 4.54. The number of hydrogen-bond acceptors (Lipinski definition) is 3. The Bertz CT molecular complexity index is 388. The molecule has 3 N–H and O–H groups in total. The quantitative estimate of drug-likeness (QED) is 0.793. The van der Waals surface area contributed by atoms with Crippen molar-refractivity contribution in [2.45, 2.75) is 20.3 Å². The van der Waals surface area contributed by atoms with Crippen molar-refractivity contribution in [2.24, 2.45) is 5.92 Å². The summed E-state index contributed by atoms with van der Waals surface area (Å²) in [4.78, 5) is 11.5. The topological polar surface area (TPSA) is 64.3 Å². The highest BCUT2D eigenvalue weighted by atomic mass is 79.9. The van der Waals surface area contributed by atoms with Gasteiger partial charge in [0.15, 0.2) is 6.61 Å². The number of benzene rings is 1. The number of carbonyl (C=O) groups is 1. The van der Waals surface area contributed by atoms with Gasteiger partial charge in [-0.05, 0) is 24.5 Å². The molecule has 0 aliphatic carbocycles. The lowest BCUT2D eigenvalue weighted by Gasteiger charge is -2.09. The monoisotopic (exact) mass is 314 g/mol. The Balaban J connectivity index is 2.33. The van der Waals surface area contributed by atoms with E-state index in [-0.39, 0.29) is 12.5 Å². The van der Waals surface area contributed by atoms with Gasteiger partial charge in [-0.2, -0.15) is 0 Å². The first-order chi connectivity index (χ1) is 8.47. The number of halogens is 1. The van der Waals surface area contributed by atoms with E-state index in [2.05, 4.69) is 35.1 Å². The number of amides is 1. The molecule has 0 spiro atoms. The fourth-order valence-corrected chi connectivity index (χ4v) is 1.86. The van der Waals surface area contributed by atoms with Crippen LogP contribution in [0.2, 0.25) is 0 Å². The molecule has 0 heterocycles. The molecule has 0 aliphatic heterocycles. The van der Waals surface area contributed by atoms with Crippen molar-refractivity contribution in [3.8, 4) is 5.75 Å². The van der Waals surface area contributed by atoms with E-state index in [1.54, 1.807) is 18.2 Å². The summed E-state index contributed by atoms with van der Waals surface area (Å²) in [5.74, 6) is 1.05. The number of nitrogens with one attached hydrogen (secondary N) is 1. The number of anilines is 1. The summed E-state index contributed by atoms with van der Waals surface area (Å²) in [6.07, 6.45) is 0.968. The summed E-state index contributed by atoms with van der Waals surface area (Å²) in [6, 6.07) is 5.24. The van der Waals surface area contributed by atoms with E-state index >= 15 is 0 Å². The molecule has 100 valence electrons. The Kier molecular flexibility index (Phi) is 5.98. The zero-order chi connectivity index (χ0) is 13.5. The number of nitrogen functional groups attached to an aromatic ring is 1. The molecule has 18 heavy (non-hydrogen) atoms. The van der Waals surface area contributed by atoms with Crippen molar-refractivity contribution in [3.63, 3.8) is 0 Å². The van der Waals surface area contributed by atoms with Crippen molar-refractivity contribution >= 4 is 27.5 Å². The van der Waals surface area contributed by atoms with Gasteiger partial charge in [-0.1, -0.05) is 29.8 Å². The highest BCUT2D eigenvalue weighted by Crippen LogP contribution is 2.22. The van der Waals surface area contributed by atoms with Crippen molar-refractivity contribution in [3.05, 3.63) is 22.7 Å². The van der Waals surface area contributed by atoms with Crippen LogP contribution >= 0.6 is 15.9 Å². The summed E-state index contributed by atoms with van der Waals surface area (Å²) >= 11 is 3.32. The van der Waals surface area contributed by atoms with Crippen molar-refractivity contribution in [1.29, 1.82) is 0 Å². The van der Waals surface area contributed by atoms with Crippen LogP contribution in [0.3, 0.4) is 0 Å². The first-order valence-corrected chi connectivity index (χ1v) is 6.72. The third-order valence-corrected chi connectivity index (χ3v) is 2.77. The van der Waals surface area contributed by atoms with Crippen LogP contribution in [-0.4, -0.2) is 19.1 Å². The van der Waals surface area contributed by atoms with E-state index in [9.17, 15) is 4.79 Å². The number of nitrogens with two attached hydrogens (primary N) is 1. The van der Waals surface area contributed by atoms with Gasteiger partial charge in [-0.3, -0.25) is 4.79 Å². The van der Waals surface area contributed by atoms with Crippen molar-refractivity contribution in [2.75, 3.05) is 18.9 Å². The van der Waals surface area contributed by atoms with E-state index in [0.29, 0.717) is 23.9 Å². The van der Waals surface area contributed by atoms with Gasteiger partial charge >= 0.3 is 0 Å². The molecule has 0 aromatic heterocycles. The van der Waals surface area contributed by atoms with Crippen molar-refractivity contribution in [1.82, 2.24) is 5.32 Å². The minimum Gasteiger partial charge on any atom is -0.484 e. The molecule has 0 radical (unpaired) electrons. The minimum absolute atomic E-state index is 0.00793. The van der Waals surface area contributed by atoms with E-state index in [4.69, 9.17) is 10.5 Å². The standard InChI is InChI=1S/C13H19BrN2O2/c1-9(2)3-4-16-13(17)8-18-12-6-10(14)5-11(15)7-12/h5-7,9H,3-4,8,15H2,1-2H3,(H,16,17). The molecule has 0 atom stereocenters. The van der Waals surface area contributed by atoms with Gasteiger partial charge in [0.2, 0.25) is 0 Å². The fourth-order valence-electron chi connectivity index (χ4n) is 1.37. The Morgan fingerprint density at radius 1 is 1.44 bits per heavy atom. The maximum atomic E-state index is 11.5. The normalized spacial score (nSPS) is 10.4. The highest BCUT2D eigenvalue weighted by Gasteiger charge is 2.04. The summed E-state index contributed by atoms with van der Waals surface area (Å²) in [5, 5.41) is 2.81. The van der Waals surface area contributed by atoms with Crippen LogP contribution in [0.15, 0.2) is 22.7 Å². The molecule has 0 aliphatic rings. The lowest BCUT2D eigenvalue weighted by atomic mass is 10.1. The third-order valence-electron chi connectivity index (χ3n) is 2.31. The lowest BCUT2D eigenvalue weighted by Crippen LogP contribution is -2.30. The van der Waals surface area contributed by atoms with Gasteiger partial charge in [0.1, 0.15) is 5.75 Å². The van der Waals surface area contributed by atoms with Crippen LogP contribution in [0.1, 0.15) is 20.3 Å². The summed E-state index contributed by atoms with van der Waals surface area (Å²) in [6.45, 7) is 4.92. The summed E-state index contributed by atoms with van der Waals surface area (Å²) < 4.78 is 6.20. The molecule has 0 fully saturated rings. The highest BCUT2D eigenvalue weighted by molar-refractivity contribution is 9.10. The molecule has 1 rings (SSSR count). The van der Waals surface area contributed by atoms with Gasteiger partial charge in [-0.25, -0.2) is 0 Å². The molecule has 0 unspecified atom stereocenters. The van der Waals surface area contributed by atoms with Crippen LogP contribution in [0.5, 0.6) is 5.75 Å². The van der Waals surface area contributed by atoms with Gasteiger partial charge in [0, 0.05) is 22.8 Å². The Hall–Kier alpha value is -1.23. The third kappa shape index (κ3) is 5.91. The fraction of sp³-hybridized carbons (Fsp3) is 0.462. The van der Waals surface area contributed by atoms with E-state index < -0.39 is 0 Å². The lowest BCUT2D eigenvalue weighted by molar-refractivity contribution is -0.123. The minimum atomic E-state index is -0.116. The Morgan fingerprint density at radius 2 is 2.17 bits per heavy atom. The maximum Gasteiger partial charge on any atom is 0.257 e. The van der Waals surface area contributed by atoms with Crippen molar-refractivity contribution < 1.29 is 9.53 Å². The van der Waals surface area contributed by atoms with Crippen LogP contribution in [-0.2, 0) is 4.79 Å². The van der Waals surface area contributed by atoms with Crippen LogP contribution in [0.25, 0.3) is 0 Å². The molecule has 0 saturated carbocycles. The van der Waals surface area contributed by atoms with E-state index in [0.717, 1.165) is 10.9 Å². The molecule has 5 heteroatoms. The van der Waals surface area contributed by atoms with Crippen LogP contribution in [0, 0.1) is 5.92 Å². The molecule has 4 nitrogen and oxygen atoms in total. The molecular formula is C13H19BrN2O2. The molecule has 1 amide bonds. The van der Waals surface area contributed by atoms with Gasteiger partial charge < -0.3 is 15.8 Å².